The second kappa shape index (κ2) is 10.7. The van der Waals surface area contributed by atoms with Crippen LogP contribution in [-0.2, 0) is 4.79 Å². The van der Waals surface area contributed by atoms with Gasteiger partial charge in [0.15, 0.2) is 0 Å². The number of fused-ring (bicyclic) bond motifs is 1. The fourth-order valence-corrected chi connectivity index (χ4v) is 5.04. The summed E-state index contributed by atoms with van der Waals surface area (Å²) >= 11 is 0. The molecule has 0 radical (unpaired) electrons. The summed E-state index contributed by atoms with van der Waals surface area (Å²) in [6, 6.07) is 5.73. The first-order valence-electron chi connectivity index (χ1n) is 12.6. The van der Waals surface area contributed by atoms with Crippen LogP contribution in [0.15, 0.2) is 83.0 Å². The van der Waals surface area contributed by atoms with Gasteiger partial charge in [0, 0.05) is 17.3 Å². The average molecular weight is 472 g/mol. The number of hydrogen-bond donors (Lipinski definition) is 1. The number of benzene rings is 1. The maximum Gasteiger partial charge on any atom is 0.336 e. The second-order valence-electron chi connectivity index (χ2n) is 11.2. The monoisotopic (exact) mass is 471 g/mol. The van der Waals surface area contributed by atoms with E-state index >= 15 is 0 Å². The number of allylic oxidation sites excluding steroid dienone is 10. The van der Waals surface area contributed by atoms with Gasteiger partial charge in [-0.25, -0.2) is 4.79 Å². The van der Waals surface area contributed by atoms with Gasteiger partial charge in [-0.2, -0.15) is 0 Å². The summed E-state index contributed by atoms with van der Waals surface area (Å²) in [4.78, 5) is 12.4. The Morgan fingerprint density at radius 2 is 1.80 bits per heavy atom. The Balaban J connectivity index is 1.61. The van der Waals surface area contributed by atoms with Gasteiger partial charge in [0.05, 0.1) is 5.54 Å². The van der Waals surface area contributed by atoms with Crippen LogP contribution in [0.1, 0.15) is 80.2 Å². The number of ether oxygens (including phenoxy) is 1. The van der Waals surface area contributed by atoms with Crippen molar-refractivity contribution in [3.8, 4) is 5.75 Å². The smallest absolute Gasteiger partial charge is 0.336 e. The van der Waals surface area contributed by atoms with E-state index in [0.717, 1.165) is 16.8 Å². The second-order valence-corrected chi connectivity index (χ2v) is 11.2. The molecule has 186 valence electrons. The maximum atomic E-state index is 12.4. The van der Waals surface area contributed by atoms with E-state index in [1.165, 1.54) is 47.6 Å². The first kappa shape index (κ1) is 26.5. The lowest BCUT2D eigenvalue weighted by Crippen LogP contribution is -2.31. The van der Waals surface area contributed by atoms with E-state index < -0.39 is 0 Å². The number of carbonyl (C=O) groups excluding carboxylic acids is 1. The molecule has 2 aliphatic rings. The molecule has 0 fully saturated rings. The highest BCUT2D eigenvalue weighted by Crippen LogP contribution is 2.41. The summed E-state index contributed by atoms with van der Waals surface area (Å²) in [5, 5.41) is 3.49. The van der Waals surface area contributed by atoms with Crippen molar-refractivity contribution in [3.63, 3.8) is 0 Å². The van der Waals surface area contributed by atoms with Gasteiger partial charge in [-0.15, -0.1) is 0 Å². The summed E-state index contributed by atoms with van der Waals surface area (Å²) in [7, 11) is 0. The Morgan fingerprint density at radius 3 is 2.51 bits per heavy atom. The fraction of sp³-hybridized carbons (Fsp3) is 0.406. The summed E-state index contributed by atoms with van der Waals surface area (Å²) in [5.74, 6) is 0.174. The molecule has 3 heteroatoms. The predicted octanol–water partition coefficient (Wildman–Crippen LogP) is 8.73. The van der Waals surface area contributed by atoms with Crippen molar-refractivity contribution < 1.29 is 9.53 Å². The minimum absolute atomic E-state index is 0.0905. The lowest BCUT2D eigenvalue weighted by atomic mass is 9.72. The van der Waals surface area contributed by atoms with Crippen LogP contribution >= 0.6 is 0 Å². The van der Waals surface area contributed by atoms with Gasteiger partial charge < -0.3 is 10.1 Å². The van der Waals surface area contributed by atoms with Crippen molar-refractivity contribution in [2.24, 2.45) is 5.41 Å². The van der Waals surface area contributed by atoms with E-state index in [9.17, 15) is 4.79 Å². The molecule has 3 rings (SSSR count). The van der Waals surface area contributed by atoms with Crippen LogP contribution in [-0.4, -0.2) is 11.5 Å². The van der Waals surface area contributed by atoms with Crippen LogP contribution in [0.3, 0.4) is 0 Å². The third-order valence-electron chi connectivity index (χ3n) is 6.79. The molecule has 1 heterocycles. The van der Waals surface area contributed by atoms with Crippen LogP contribution in [0.25, 0.3) is 5.57 Å². The summed E-state index contributed by atoms with van der Waals surface area (Å²) in [6.07, 6.45) is 17.9. The van der Waals surface area contributed by atoms with Crippen molar-refractivity contribution >= 4 is 17.2 Å². The zero-order chi connectivity index (χ0) is 25.8. The third-order valence-corrected chi connectivity index (χ3v) is 6.79. The molecule has 0 atom stereocenters. The third kappa shape index (κ3) is 7.21. The number of hydrogen-bond acceptors (Lipinski definition) is 3. The fourth-order valence-electron chi connectivity index (χ4n) is 5.04. The largest absolute Gasteiger partial charge is 0.423 e. The first-order chi connectivity index (χ1) is 16.4. The lowest BCUT2D eigenvalue weighted by molar-refractivity contribution is -0.129. The van der Waals surface area contributed by atoms with Crippen LogP contribution in [0, 0.1) is 5.41 Å². The molecule has 0 bridgehead atoms. The molecule has 1 N–H and O–H groups in total. The first-order valence-corrected chi connectivity index (χ1v) is 12.6. The van der Waals surface area contributed by atoms with Crippen molar-refractivity contribution in [2.45, 2.75) is 80.2 Å². The van der Waals surface area contributed by atoms with Crippen molar-refractivity contribution in [1.29, 1.82) is 0 Å². The molecule has 1 aromatic carbocycles. The highest BCUT2D eigenvalue weighted by molar-refractivity contribution is 5.86. The highest BCUT2D eigenvalue weighted by atomic mass is 16.5. The molecule has 35 heavy (non-hydrogen) atoms. The summed E-state index contributed by atoms with van der Waals surface area (Å²) in [6.45, 7) is 17.3. The molecular formula is C32H41NO2. The van der Waals surface area contributed by atoms with Crippen LogP contribution in [0.5, 0.6) is 5.75 Å². The molecule has 0 spiro atoms. The quantitative estimate of drug-likeness (QED) is 0.195. The standard InChI is InChI=1S/C32H41NO2/c1-22(14-16-28-24(3)13-10-18-31(28,5)6)11-9-12-23(2)19-30(34)35-26-15-17-29-27(20-26)25(4)21-32(7,8)33-29/h9,11-12,14-17,19-21,33H,10,13,18H2,1-8H3. The molecular weight excluding hydrogens is 430 g/mol. The highest BCUT2D eigenvalue weighted by Gasteiger charge is 2.26. The zero-order valence-corrected chi connectivity index (χ0v) is 22.7. The number of carbonyl (C=O) groups is 1. The molecule has 0 saturated heterocycles. The van der Waals surface area contributed by atoms with Gasteiger partial charge in [0.2, 0.25) is 0 Å². The van der Waals surface area contributed by atoms with Crippen molar-refractivity contribution in [3.05, 3.63) is 88.6 Å². The predicted molar refractivity (Wildman–Crippen MR) is 150 cm³/mol. The van der Waals surface area contributed by atoms with Gasteiger partial charge in [-0.05, 0) is 101 Å². The molecule has 3 nitrogen and oxygen atoms in total. The molecule has 0 unspecified atom stereocenters. The topological polar surface area (TPSA) is 38.3 Å². The van der Waals surface area contributed by atoms with Crippen LogP contribution in [0.4, 0.5) is 5.69 Å². The maximum absolute atomic E-state index is 12.4. The van der Waals surface area contributed by atoms with Crippen molar-refractivity contribution in [2.75, 3.05) is 5.32 Å². The number of anilines is 1. The Bertz CT molecular complexity index is 1170. The SMILES string of the molecule is CC(C=CC1=C(C)CCCC1(C)C)=CC=CC(C)=CC(=O)Oc1ccc2c(c1)C(C)=CC(C)(C)N2. The van der Waals surface area contributed by atoms with Gasteiger partial charge in [-0.1, -0.05) is 61.4 Å². The average Bonchev–Trinajstić information content (AvgIpc) is 2.72. The molecule has 0 aromatic heterocycles. The Hall–Kier alpha value is -3.07. The normalized spacial score (nSPS) is 20.1. The Morgan fingerprint density at radius 1 is 1.06 bits per heavy atom. The van der Waals surface area contributed by atoms with Gasteiger partial charge >= 0.3 is 5.97 Å². The number of esters is 1. The Kier molecular flexibility index (Phi) is 8.10. The minimum atomic E-state index is -0.375. The Labute approximate surface area is 212 Å². The van der Waals surface area contributed by atoms with Gasteiger partial charge in [0.25, 0.3) is 0 Å². The van der Waals surface area contributed by atoms with E-state index in [1.807, 2.05) is 37.3 Å². The van der Waals surface area contributed by atoms with E-state index in [1.54, 1.807) is 0 Å². The van der Waals surface area contributed by atoms with E-state index in [0.29, 0.717) is 5.75 Å². The lowest BCUT2D eigenvalue weighted by Gasteiger charge is -2.32. The van der Waals surface area contributed by atoms with Crippen LogP contribution in [0.2, 0.25) is 0 Å². The van der Waals surface area contributed by atoms with E-state index in [4.69, 9.17) is 4.74 Å². The molecule has 0 amide bonds. The van der Waals surface area contributed by atoms with Gasteiger partial charge in [-0.3, -0.25) is 0 Å². The summed E-state index contributed by atoms with van der Waals surface area (Å²) < 4.78 is 5.58. The molecule has 1 aliphatic heterocycles. The van der Waals surface area contributed by atoms with Crippen molar-refractivity contribution in [1.82, 2.24) is 0 Å². The number of nitrogens with one attached hydrogen (secondary N) is 1. The number of rotatable bonds is 6. The zero-order valence-electron chi connectivity index (χ0n) is 22.7. The van der Waals surface area contributed by atoms with Crippen LogP contribution < -0.4 is 10.1 Å². The molecule has 1 aliphatic carbocycles. The minimum Gasteiger partial charge on any atom is -0.423 e. The van der Waals surface area contributed by atoms with Gasteiger partial charge in [0.1, 0.15) is 5.75 Å². The summed E-state index contributed by atoms with van der Waals surface area (Å²) in [5.41, 5.74) is 8.42. The van der Waals surface area contributed by atoms with E-state index in [-0.39, 0.29) is 16.9 Å². The molecule has 1 aromatic rings. The molecule has 0 saturated carbocycles. The van der Waals surface area contributed by atoms with E-state index in [2.05, 4.69) is 78.1 Å².